The molecule has 2 heterocycles. The van der Waals surface area contributed by atoms with Gasteiger partial charge in [0.25, 0.3) is 5.91 Å². The Kier molecular flexibility index (Phi) is 4.97. The van der Waals surface area contributed by atoms with Crippen molar-refractivity contribution in [2.75, 3.05) is 26.2 Å². The number of hydrogen-bond donors (Lipinski definition) is 1. The van der Waals surface area contributed by atoms with E-state index in [-0.39, 0.29) is 11.9 Å². The molecular formula is C13H19N5OS. The van der Waals surface area contributed by atoms with Crippen LogP contribution in [0.1, 0.15) is 23.8 Å². The first kappa shape index (κ1) is 14.8. The molecule has 0 radical (unpaired) electrons. The second-order valence-corrected chi connectivity index (χ2v) is 5.22. The Morgan fingerprint density at radius 2 is 2.10 bits per heavy atom. The monoisotopic (exact) mass is 293 g/mol. The van der Waals surface area contributed by atoms with Gasteiger partial charge >= 0.3 is 0 Å². The Labute approximate surface area is 124 Å². The molecule has 2 N–H and O–H groups in total. The molecule has 0 spiro atoms. The third kappa shape index (κ3) is 3.29. The van der Waals surface area contributed by atoms with Crippen molar-refractivity contribution >= 4 is 23.1 Å². The fraction of sp³-hybridized carbons (Fsp3) is 0.538. The molecule has 0 aliphatic carbocycles. The summed E-state index contributed by atoms with van der Waals surface area (Å²) in [4.78, 5) is 24.8. The van der Waals surface area contributed by atoms with E-state index in [2.05, 4.69) is 21.8 Å². The molecule has 108 valence electrons. The summed E-state index contributed by atoms with van der Waals surface area (Å²) >= 11 is 5.09. The first-order valence-electron chi connectivity index (χ1n) is 6.72. The first-order chi connectivity index (χ1) is 9.63. The van der Waals surface area contributed by atoms with Gasteiger partial charge in [0.15, 0.2) is 0 Å². The number of piperazine rings is 1. The van der Waals surface area contributed by atoms with Crippen LogP contribution in [-0.2, 0) is 0 Å². The van der Waals surface area contributed by atoms with E-state index in [1.165, 1.54) is 12.4 Å². The number of aromatic nitrogens is 2. The number of carbonyl (C=O) groups excluding carboxylic acids is 1. The molecule has 0 bridgehead atoms. The number of hydrogen-bond acceptors (Lipinski definition) is 5. The summed E-state index contributed by atoms with van der Waals surface area (Å²) in [6.07, 6.45) is 5.48. The van der Waals surface area contributed by atoms with Crippen molar-refractivity contribution in [2.24, 2.45) is 5.73 Å². The van der Waals surface area contributed by atoms with E-state index in [9.17, 15) is 4.79 Å². The van der Waals surface area contributed by atoms with Crippen LogP contribution in [0.15, 0.2) is 18.6 Å². The highest BCUT2D eigenvalue weighted by Crippen LogP contribution is 2.11. The Morgan fingerprint density at radius 3 is 2.60 bits per heavy atom. The van der Waals surface area contributed by atoms with Gasteiger partial charge in [0.05, 0.1) is 17.2 Å². The molecule has 0 aromatic carbocycles. The van der Waals surface area contributed by atoms with Crippen molar-refractivity contribution in [2.45, 2.75) is 19.4 Å². The van der Waals surface area contributed by atoms with E-state index in [1.807, 2.05) is 0 Å². The Hall–Kier alpha value is -1.60. The predicted octanol–water partition coefficient (Wildman–Crippen LogP) is 0.299. The summed E-state index contributed by atoms with van der Waals surface area (Å²) in [6.45, 7) is 4.95. The van der Waals surface area contributed by atoms with Gasteiger partial charge in [0.2, 0.25) is 0 Å². The smallest absolute Gasteiger partial charge is 0.274 e. The van der Waals surface area contributed by atoms with Crippen molar-refractivity contribution in [3.05, 3.63) is 24.3 Å². The van der Waals surface area contributed by atoms with Crippen LogP contribution in [0.25, 0.3) is 0 Å². The van der Waals surface area contributed by atoms with Crippen molar-refractivity contribution in [1.82, 2.24) is 19.8 Å². The third-order valence-electron chi connectivity index (χ3n) is 3.54. The highest BCUT2D eigenvalue weighted by atomic mass is 32.1. The average molecular weight is 293 g/mol. The van der Waals surface area contributed by atoms with Gasteiger partial charge in [-0.3, -0.25) is 14.7 Å². The molecule has 20 heavy (non-hydrogen) atoms. The van der Waals surface area contributed by atoms with E-state index in [4.69, 9.17) is 18.0 Å². The van der Waals surface area contributed by atoms with Gasteiger partial charge in [-0.25, -0.2) is 4.98 Å². The number of amides is 1. The number of nitrogens with zero attached hydrogens (tertiary/aromatic N) is 4. The van der Waals surface area contributed by atoms with Crippen LogP contribution in [-0.4, -0.2) is 62.9 Å². The lowest BCUT2D eigenvalue weighted by Gasteiger charge is -2.38. The van der Waals surface area contributed by atoms with Crippen LogP contribution < -0.4 is 5.73 Å². The minimum Gasteiger partial charge on any atom is -0.392 e. The minimum atomic E-state index is -0.0684. The van der Waals surface area contributed by atoms with Gasteiger partial charge in [-0.05, 0) is 6.42 Å². The quantitative estimate of drug-likeness (QED) is 0.805. The second-order valence-electron chi connectivity index (χ2n) is 4.75. The summed E-state index contributed by atoms with van der Waals surface area (Å²) < 4.78 is 0. The van der Waals surface area contributed by atoms with Crippen LogP contribution in [0, 0.1) is 0 Å². The van der Waals surface area contributed by atoms with Gasteiger partial charge in [-0.15, -0.1) is 0 Å². The summed E-state index contributed by atoms with van der Waals surface area (Å²) in [5.74, 6) is -0.0684. The molecule has 1 atom stereocenters. The fourth-order valence-corrected chi connectivity index (χ4v) is 2.76. The lowest BCUT2D eigenvalue weighted by atomic mass is 10.1. The van der Waals surface area contributed by atoms with Crippen LogP contribution in [0.3, 0.4) is 0 Å². The molecule has 0 saturated carbocycles. The molecule has 1 saturated heterocycles. The molecule has 1 fully saturated rings. The van der Waals surface area contributed by atoms with Crippen LogP contribution in [0.2, 0.25) is 0 Å². The SMILES string of the molecule is CCC(C(N)=S)N1CCN(C(=O)c2cnccn2)CC1. The summed E-state index contributed by atoms with van der Waals surface area (Å²) in [6, 6.07) is 0.124. The van der Waals surface area contributed by atoms with E-state index in [0.29, 0.717) is 23.8 Å². The summed E-state index contributed by atoms with van der Waals surface area (Å²) in [5.41, 5.74) is 6.15. The van der Waals surface area contributed by atoms with Gasteiger partial charge in [-0.1, -0.05) is 19.1 Å². The van der Waals surface area contributed by atoms with Crippen molar-refractivity contribution < 1.29 is 4.79 Å². The van der Waals surface area contributed by atoms with Gasteiger partial charge in [-0.2, -0.15) is 0 Å². The van der Waals surface area contributed by atoms with E-state index in [1.54, 1.807) is 11.1 Å². The van der Waals surface area contributed by atoms with Gasteiger partial charge in [0.1, 0.15) is 5.69 Å². The molecule has 1 aromatic heterocycles. The summed E-state index contributed by atoms with van der Waals surface area (Å²) in [7, 11) is 0. The number of carbonyl (C=O) groups is 1. The maximum atomic E-state index is 12.2. The van der Waals surface area contributed by atoms with E-state index >= 15 is 0 Å². The molecule has 2 rings (SSSR count). The largest absolute Gasteiger partial charge is 0.392 e. The molecule has 1 aromatic rings. The molecule has 1 aliphatic rings. The van der Waals surface area contributed by atoms with Crippen LogP contribution in [0.5, 0.6) is 0 Å². The van der Waals surface area contributed by atoms with Gasteiger partial charge < -0.3 is 10.6 Å². The molecule has 7 heteroatoms. The van der Waals surface area contributed by atoms with Crippen molar-refractivity contribution in [3.8, 4) is 0 Å². The number of thiocarbonyl (C=S) groups is 1. The molecule has 1 aliphatic heterocycles. The second kappa shape index (κ2) is 6.71. The maximum absolute atomic E-state index is 12.2. The topological polar surface area (TPSA) is 75.3 Å². The minimum absolute atomic E-state index is 0.0684. The summed E-state index contributed by atoms with van der Waals surface area (Å²) in [5, 5.41) is 0. The highest BCUT2D eigenvalue weighted by Gasteiger charge is 2.27. The first-order valence-corrected chi connectivity index (χ1v) is 7.13. The zero-order valence-corrected chi connectivity index (χ0v) is 12.3. The fourth-order valence-electron chi connectivity index (χ4n) is 2.45. The van der Waals surface area contributed by atoms with Crippen LogP contribution in [0.4, 0.5) is 0 Å². The Morgan fingerprint density at radius 1 is 1.40 bits per heavy atom. The lowest BCUT2D eigenvalue weighted by Crippen LogP contribution is -2.54. The predicted molar refractivity (Wildman–Crippen MR) is 80.4 cm³/mol. The maximum Gasteiger partial charge on any atom is 0.274 e. The zero-order chi connectivity index (χ0) is 14.5. The molecule has 1 unspecified atom stereocenters. The molecular weight excluding hydrogens is 274 g/mol. The van der Waals surface area contributed by atoms with Gasteiger partial charge in [0, 0.05) is 38.6 Å². The zero-order valence-electron chi connectivity index (χ0n) is 11.5. The van der Waals surface area contributed by atoms with Crippen molar-refractivity contribution in [3.63, 3.8) is 0 Å². The Balaban J connectivity index is 1.94. The third-order valence-corrected chi connectivity index (χ3v) is 3.81. The average Bonchev–Trinajstić information content (AvgIpc) is 2.48. The Bertz CT molecular complexity index is 473. The van der Waals surface area contributed by atoms with Crippen molar-refractivity contribution in [1.29, 1.82) is 0 Å². The standard InChI is InChI=1S/C13H19N5OS/c1-2-11(12(14)20)17-5-7-18(8-6-17)13(19)10-9-15-3-4-16-10/h3-4,9,11H,2,5-8H2,1H3,(H2,14,20). The van der Waals surface area contributed by atoms with E-state index < -0.39 is 0 Å². The van der Waals surface area contributed by atoms with Crippen LogP contribution >= 0.6 is 12.2 Å². The normalized spacial score (nSPS) is 17.8. The molecule has 6 nitrogen and oxygen atoms in total. The number of rotatable bonds is 4. The van der Waals surface area contributed by atoms with E-state index in [0.717, 1.165) is 19.5 Å². The lowest BCUT2D eigenvalue weighted by molar-refractivity contribution is 0.0605. The molecule has 1 amide bonds. The highest BCUT2D eigenvalue weighted by molar-refractivity contribution is 7.80. The number of nitrogens with two attached hydrogens (primary N) is 1.